The van der Waals surface area contributed by atoms with E-state index in [-0.39, 0.29) is 17.8 Å². The number of aldehydes is 1. The van der Waals surface area contributed by atoms with Gasteiger partial charge < -0.3 is 9.53 Å². The van der Waals surface area contributed by atoms with E-state index in [0.29, 0.717) is 19.4 Å². The van der Waals surface area contributed by atoms with Crippen LogP contribution in [0.1, 0.15) is 26.7 Å². The Morgan fingerprint density at radius 2 is 2.35 bits per heavy atom. The number of hydrogen-bond acceptors (Lipinski definition) is 4. The van der Waals surface area contributed by atoms with Crippen LogP contribution in [0.4, 0.5) is 0 Å². The van der Waals surface area contributed by atoms with Crippen molar-refractivity contribution in [2.24, 2.45) is 22.9 Å². The summed E-state index contributed by atoms with van der Waals surface area (Å²) in [5.41, 5.74) is 8.53. The van der Waals surface area contributed by atoms with Gasteiger partial charge in [0.05, 0.1) is 18.6 Å². The van der Waals surface area contributed by atoms with Gasteiger partial charge in [-0.3, -0.25) is 4.79 Å². The molecule has 3 atom stereocenters. The molecule has 0 saturated carbocycles. The minimum atomic E-state index is -0.479. The summed E-state index contributed by atoms with van der Waals surface area (Å²) in [7, 11) is 0. The molecule has 1 fully saturated rings. The molecular weight excluding hydrogens is 222 g/mol. The molecule has 0 bridgehead atoms. The highest BCUT2D eigenvalue weighted by Crippen LogP contribution is 2.27. The second kappa shape index (κ2) is 6.25. The van der Waals surface area contributed by atoms with Crippen LogP contribution in [0.25, 0.3) is 10.4 Å². The molecule has 0 N–H and O–H groups in total. The van der Waals surface area contributed by atoms with E-state index in [9.17, 15) is 9.59 Å². The van der Waals surface area contributed by atoms with Crippen molar-refractivity contribution in [3.05, 3.63) is 10.4 Å². The molecule has 94 valence electrons. The van der Waals surface area contributed by atoms with Gasteiger partial charge in [0, 0.05) is 10.8 Å². The number of hydrogen-bond donors (Lipinski definition) is 0. The van der Waals surface area contributed by atoms with Gasteiger partial charge in [0.1, 0.15) is 6.29 Å². The highest BCUT2D eigenvalue weighted by Gasteiger charge is 2.35. The molecule has 0 radical (unpaired) electrons. The van der Waals surface area contributed by atoms with Crippen molar-refractivity contribution in [2.75, 3.05) is 6.61 Å². The number of esters is 1. The van der Waals surface area contributed by atoms with E-state index in [2.05, 4.69) is 10.0 Å². The summed E-state index contributed by atoms with van der Waals surface area (Å²) >= 11 is 0. The molecule has 0 aromatic heterocycles. The third kappa shape index (κ3) is 3.46. The summed E-state index contributed by atoms with van der Waals surface area (Å²) in [4.78, 5) is 25.1. The number of nitrogens with zero attached hydrogens (tertiary/aromatic N) is 3. The molecule has 1 rings (SSSR count). The molecule has 1 unspecified atom stereocenters. The number of carbonyl (C=O) groups is 2. The minimum Gasteiger partial charge on any atom is -0.465 e. The quantitative estimate of drug-likeness (QED) is 0.233. The Morgan fingerprint density at radius 1 is 1.65 bits per heavy atom. The summed E-state index contributed by atoms with van der Waals surface area (Å²) in [5.74, 6) is -0.747. The molecule has 6 nitrogen and oxygen atoms in total. The van der Waals surface area contributed by atoms with Gasteiger partial charge in [0.2, 0.25) is 0 Å². The molecule has 0 amide bonds. The highest BCUT2D eigenvalue weighted by atomic mass is 16.5. The van der Waals surface area contributed by atoms with Crippen molar-refractivity contribution in [1.29, 1.82) is 0 Å². The van der Waals surface area contributed by atoms with Crippen LogP contribution >= 0.6 is 0 Å². The second-order valence-corrected chi connectivity index (χ2v) is 4.61. The molecule has 1 aliphatic rings. The van der Waals surface area contributed by atoms with Crippen LogP contribution in [0.15, 0.2) is 5.11 Å². The van der Waals surface area contributed by atoms with Crippen LogP contribution in [0.2, 0.25) is 0 Å². The minimum absolute atomic E-state index is 0.168. The molecule has 0 aromatic carbocycles. The standard InChI is InChI=1S/C11H17N3O3/c1-7(2)8(6-15)5-10(13-14-12)9-3-4-17-11(9)16/h6-10H,3-5H2,1-2H3/t8-,9?,10+/m1/s1. The maximum Gasteiger partial charge on any atom is 0.309 e. The molecule has 1 saturated heterocycles. The molecule has 17 heavy (non-hydrogen) atoms. The van der Waals surface area contributed by atoms with Crippen LogP contribution < -0.4 is 0 Å². The summed E-state index contributed by atoms with van der Waals surface area (Å²) in [6, 6.07) is -0.479. The van der Waals surface area contributed by atoms with E-state index in [1.165, 1.54) is 0 Å². The smallest absolute Gasteiger partial charge is 0.309 e. The average Bonchev–Trinajstić information content (AvgIpc) is 2.70. The normalized spacial score (nSPS) is 22.8. The third-order valence-electron chi connectivity index (χ3n) is 3.19. The summed E-state index contributed by atoms with van der Waals surface area (Å²) in [6.07, 6.45) is 1.84. The Labute approximate surface area is 100.0 Å². The van der Waals surface area contributed by atoms with Crippen LogP contribution in [-0.4, -0.2) is 24.9 Å². The zero-order chi connectivity index (χ0) is 12.8. The molecule has 6 heteroatoms. The van der Waals surface area contributed by atoms with Gasteiger partial charge in [0.15, 0.2) is 0 Å². The van der Waals surface area contributed by atoms with Crippen molar-refractivity contribution in [1.82, 2.24) is 0 Å². The molecule has 1 heterocycles. The number of carbonyl (C=O) groups excluding carboxylic acids is 2. The van der Waals surface area contributed by atoms with E-state index in [4.69, 9.17) is 10.3 Å². The Bertz CT molecular complexity index is 337. The summed E-state index contributed by atoms with van der Waals surface area (Å²) in [5, 5.41) is 3.65. The summed E-state index contributed by atoms with van der Waals surface area (Å²) < 4.78 is 4.86. The lowest BCUT2D eigenvalue weighted by atomic mass is 9.85. The van der Waals surface area contributed by atoms with E-state index >= 15 is 0 Å². The first kappa shape index (κ1) is 13.5. The Morgan fingerprint density at radius 3 is 2.76 bits per heavy atom. The van der Waals surface area contributed by atoms with Crippen molar-refractivity contribution in [2.45, 2.75) is 32.7 Å². The van der Waals surface area contributed by atoms with Crippen LogP contribution in [0.3, 0.4) is 0 Å². The third-order valence-corrected chi connectivity index (χ3v) is 3.19. The lowest BCUT2D eigenvalue weighted by molar-refractivity contribution is -0.142. The fourth-order valence-electron chi connectivity index (χ4n) is 1.98. The largest absolute Gasteiger partial charge is 0.465 e. The first-order valence-electron chi connectivity index (χ1n) is 5.76. The van der Waals surface area contributed by atoms with Crippen molar-refractivity contribution in [3.63, 3.8) is 0 Å². The predicted molar refractivity (Wildman–Crippen MR) is 61.0 cm³/mol. The topological polar surface area (TPSA) is 92.1 Å². The number of azide groups is 1. The second-order valence-electron chi connectivity index (χ2n) is 4.61. The average molecular weight is 239 g/mol. The van der Waals surface area contributed by atoms with E-state index in [0.717, 1.165) is 6.29 Å². The maximum absolute atomic E-state index is 11.4. The first-order valence-corrected chi connectivity index (χ1v) is 5.76. The Kier molecular flexibility index (Phi) is 4.97. The van der Waals surface area contributed by atoms with Gasteiger partial charge in [0.25, 0.3) is 0 Å². The van der Waals surface area contributed by atoms with E-state index < -0.39 is 12.0 Å². The summed E-state index contributed by atoms with van der Waals surface area (Å²) in [6.45, 7) is 4.23. The van der Waals surface area contributed by atoms with Gasteiger partial charge in [-0.1, -0.05) is 19.0 Å². The Balaban J connectivity index is 2.75. The predicted octanol–water partition coefficient (Wildman–Crippen LogP) is 2.09. The van der Waals surface area contributed by atoms with Crippen molar-refractivity contribution < 1.29 is 14.3 Å². The van der Waals surface area contributed by atoms with Crippen LogP contribution in [-0.2, 0) is 14.3 Å². The van der Waals surface area contributed by atoms with Crippen molar-refractivity contribution in [3.8, 4) is 0 Å². The fourth-order valence-corrected chi connectivity index (χ4v) is 1.98. The zero-order valence-corrected chi connectivity index (χ0v) is 10.1. The molecule has 0 spiro atoms. The molecule has 1 aliphatic heterocycles. The maximum atomic E-state index is 11.4. The monoisotopic (exact) mass is 239 g/mol. The van der Waals surface area contributed by atoms with Crippen LogP contribution in [0.5, 0.6) is 0 Å². The number of cyclic esters (lactones) is 1. The lowest BCUT2D eigenvalue weighted by Crippen LogP contribution is -2.27. The van der Waals surface area contributed by atoms with E-state index in [1.807, 2.05) is 13.8 Å². The lowest BCUT2D eigenvalue weighted by Gasteiger charge is -2.21. The highest BCUT2D eigenvalue weighted by molar-refractivity contribution is 5.75. The van der Waals surface area contributed by atoms with Crippen molar-refractivity contribution >= 4 is 12.3 Å². The van der Waals surface area contributed by atoms with E-state index in [1.54, 1.807) is 0 Å². The van der Waals surface area contributed by atoms with Crippen LogP contribution in [0, 0.1) is 17.8 Å². The SMILES string of the molecule is CC(C)[C@@H](C=O)C[C@H](N=[N+]=[N-])C1CCOC1=O. The fraction of sp³-hybridized carbons (Fsp3) is 0.818. The zero-order valence-electron chi connectivity index (χ0n) is 10.1. The molecule has 0 aromatic rings. The molecule has 0 aliphatic carbocycles. The van der Waals surface area contributed by atoms with Gasteiger partial charge in [-0.2, -0.15) is 0 Å². The Hall–Kier alpha value is -1.55. The van der Waals surface area contributed by atoms with Gasteiger partial charge in [-0.25, -0.2) is 0 Å². The number of rotatable bonds is 6. The van der Waals surface area contributed by atoms with Gasteiger partial charge in [-0.05, 0) is 24.3 Å². The first-order chi connectivity index (χ1) is 8.10. The van der Waals surface area contributed by atoms with Gasteiger partial charge >= 0.3 is 5.97 Å². The molecular formula is C11H17N3O3. The number of ether oxygens (including phenoxy) is 1. The van der Waals surface area contributed by atoms with Gasteiger partial charge in [-0.15, -0.1) is 0 Å².